The molecule has 4 atom stereocenters. The number of hydrogen-bond acceptors (Lipinski definition) is 14. The van der Waals surface area contributed by atoms with Crippen molar-refractivity contribution in [1.29, 1.82) is 0 Å². The van der Waals surface area contributed by atoms with Crippen LogP contribution in [0.15, 0.2) is 60.7 Å². The molecule has 2 aromatic carbocycles. The van der Waals surface area contributed by atoms with Gasteiger partial charge in [0.25, 0.3) is 0 Å². The van der Waals surface area contributed by atoms with Gasteiger partial charge in [-0.3, -0.25) is 29.0 Å². The second-order valence-corrected chi connectivity index (χ2v) is 18.8. The summed E-state index contributed by atoms with van der Waals surface area (Å²) >= 11 is 0. The summed E-state index contributed by atoms with van der Waals surface area (Å²) in [4.78, 5) is 110. The lowest BCUT2D eigenvalue weighted by Gasteiger charge is -2.43. The monoisotopic (exact) mass is 920 g/mol. The predicted molar refractivity (Wildman–Crippen MR) is 242 cm³/mol. The molecule has 18 nitrogen and oxygen atoms in total. The van der Waals surface area contributed by atoms with E-state index in [4.69, 9.17) is 18.9 Å². The molecule has 2 saturated heterocycles. The maximum Gasteiger partial charge on any atom is 0.408 e. The molecule has 6 amide bonds. The van der Waals surface area contributed by atoms with E-state index in [9.17, 15) is 38.4 Å². The molecule has 2 heterocycles. The van der Waals surface area contributed by atoms with Crippen molar-refractivity contribution in [1.82, 2.24) is 30.2 Å². The van der Waals surface area contributed by atoms with Gasteiger partial charge in [0.1, 0.15) is 23.3 Å². The van der Waals surface area contributed by atoms with Crippen LogP contribution in [0.5, 0.6) is 0 Å². The third-order valence-electron chi connectivity index (χ3n) is 11.1. The first-order valence-electron chi connectivity index (χ1n) is 22.6. The largest absolute Gasteiger partial charge is 0.444 e. The zero-order valence-corrected chi connectivity index (χ0v) is 39.7. The number of carbonyl (C=O) groups excluding carboxylic acids is 8. The van der Waals surface area contributed by atoms with Gasteiger partial charge < -0.3 is 29.6 Å². The number of ether oxygens (including phenoxy) is 4. The highest BCUT2D eigenvalue weighted by molar-refractivity contribution is 6.00. The Bertz CT molecular complexity index is 1810. The van der Waals surface area contributed by atoms with Crippen molar-refractivity contribution in [3.63, 3.8) is 0 Å². The van der Waals surface area contributed by atoms with Gasteiger partial charge in [0.2, 0.25) is 23.6 Å². The third-order valence-corrected chi connectivity index (χ3v) is 11.1. The Labute approximate surface area is 388 Å². The SMILES string of the molecule is CC(C(C)N1CC(=O)N(COC(=O)C(CCCCc2ccccc2)NC(=O)OC(C)(C)C)C(=O)C1)N1CC(=O)N(COC(=O)C(CCCCc2ccccc2)NC(=O)OC(C)(C)C)C(=O)C1. The van der Waals surface area contributed by atoms with Crippen LogP contribution in [-0.2, 0) is 60.6 Å². The number of rotatable bonds is 21. The number of hydrogen-bond donors (Lipinski definition) is 2. The third kappa shape index (κ3) is 17.5. The van der Waals surface area contributed by atoms with Gasteiger partial charge in [-0.15, -0.1) is 0 Å². The molecule has 66 heavy (non-hydrogen) atoms. The van der Waals surface area contributed by atoms with Crippen LogP contribution in [0.25, 0.3) is 0 Å². The fourth-order valence-electron chi connectivity index (χ4n) is 7.40. The van der Waals surface area contributed by atoms with Gasteiger partial charge in [-0.2, -0.15) is 0 Å². The number of aryl methyl sites for hydroxylation is 2. The van der Waals surface area contributed by atoms with E-state index in [1.54, 1.807) is 65.2 Å². The van der Waals surface area contributed by atoms with Crippen LogP contribution < -0.4 is 10.6 Å². The minimum atomic E-state index is -1.08. The van der Waals surface area contributed by atoms with E-state index >= 15 is 0 Å². The molecule has 2 N–H and O–H groups in total. The van der Waals surface area contributed by atoms with E-state index in [1.807, 2.05) is 60.7 Å². The number of unbranched alkanes of at least 4 members (excludes halogenated alkanes) is 2. The van der Waals surface area contributed by atoms with Gasteiger partial charge in [0.05, 0.1) is 26.2 Å². The molecule has 2 aliphatic rings. The maximum absolute atomic E-state index is 13.3. The number of esters is 2. The highest BCUT2D eigenvalue weighted by Gasteiger charge is 2.40. The minimum Gasteiger partial charge on any atom is -0.444 e. The molecule has 0 bridgehead atoms. The minimum absolute atomic E-state index is 0.212. The Morgan fingerprint density at radius 3 is 1.15 bits per heavy atom. The highest BCUT2D eigenvalue weighted by Crippen LogP contribution is 2.20. The fourth-order valence-corrected chi connectivity index (χ4v) is 7.40. The van der Waals surface area contributed by atoms with Gasteiger partial charge in [-0.25, -0.2) is 29.0 Å². The lowest BCUT2D eigenvalue weighted by molar-refractivity contribution is -0.169. The van der Waals surface area contributed by atoms with E-state index in [-0.39, 0.29) is 39.0 Å². The average Bonchev–Trinajstić information content (AvgIpc) is 3.23. The van der Waals surface area contributed by atoms with E-state index in [0.29, 0.717) is 12.8 Å². The number of alkyl carbamates (subject to hydrolysis) is 2. The Balaban J connectivity index is 1.27. The Kier molecular flexibility index (Phi) is 19.6. The molecule has 4 unspecified atom stereocenters. The Hall–Kier alpha value is -5.88. The lowest BCUT2D eigenvalue weighted by Crippen LogP contribution is -2.63. The molecule has 18 heteroatoms. The normalized spacial score (nSPS) is 17.1. The van der Waals surface area contributed by atoms with Gasteiger partial charge in [0.15, 0.2) is 13.5 Å². The summed E-state index contributed by atoms with van der Waals surface area (Å²) in [5, 5.41) is 5.14. The van der Waals surface area contributed by atoms with E-state index in [1.165, 1.54) is 0 Å². The van der Waals surface area contributed by atoms with Crippen molar-refractivity contribution in [2.75, 3.05) is 39.6 Å². The highest BCUT2D eigenvalue weighted by atomic mass is 16.6. The van der Waals surface area contributed by atoms with Gasteiger partial charge in [0, 0.05) is 12.1 Å². The zero-order chi connectivity index (χ0) is 48.6. The topological polar surface area (TPSA) is 210 Å². The van der Waals surface area contributed by atoms with Crippen LogP contribution in [0.4, 0.5) is 9.59 Å². The molecule has 4 rings (SSSR count). The number of carbonyl (C=O) groups is 8. The smallest absolute Gasteiger partial charge is 0.408 e. The first-order chi connectivity index (χ1) is 31.1. The number of piperazine rings is 2. The van der Waals surface area contributed by atoms with Crippen molar-refractivity contribution < 1.29 is 57.3 Å². The molecule has 2 aliphatic heterocycles. The first kappa shape index (κ1) is 52.7. The Morgan fingerprint density at radius 2 is 0.848 bits per heavy atom. The second-order valence-electron chi connectivity index (χ2n) is 18.8. The van der Waals surface area contributed by atoms with Crippen LogP contribution in [0, 0.1) is 0 Å². The van der Waals surface area contributed by atoms with Crippen LogP contribution >= 0.6 is 0 Å². The Morgan fingerprint density at radius 1 is 0.530 bits per heavy atom. The summed E-state index contributed by atoms with van der Waals surface area (Å²) in [5.41, 5.74) is 0.651. The summed E-state index contributed by atoms with van der Waals surface area (Å²) < 4.78 is 21.6. The van der Waals surface area contributed by atoms with Gasteiger partial charge >= 0.3 is 24.1 Å². The van der Waals surface area contributed by atoms with Crippen LogP contribution in [-0.4, -0.2) is 142 Å². The van der Waals surface area contributed by atoms with Gasteiger partial charge in [-0.05, 0) is 105 Å². The number of imide groups is 2. The number of nitrogens with zero attached hydrogens (tertiary/aromatic N) is 4. The van der Waals surface area contributed by atoms with Gasteiger partial charge in [-0.1, -0.05) is 73.5 Å². The number of nitrogens with one attached hydrogen (secondary N) is 2. The standard InChI is InChI=1S/C48H68N6O12/c1-33(51-27-39(55)53(40(56)28-51)31-63-43(59)37(49-45(61)65-47(3,4)5)25-17-15-23-35-19-11-9-12-20-35)34(2)52-29-41(57)54(42(58)30-52)32-64-44(60)38(50-46(62)66-48(6,7)8)26-18-16-24-36-21-13-10-14-22-36/h9-14,19-22,33-34,37-38H,15-18,23-32H2,1-8H3,(H,49,61)(H,50,62). The van der Waals surface area contributed by atoms with Crippen molar-refractivity contribution in [2.45, 2.75) is 142 Å². The lowest BCUT2D eigenvalue weighted by atomic mass is 10.0. The molecule has 362 valence electrons. The summed E-state index contributed by atoms with van der Waals surface area (Å²) in [6.07, 6.45) is 3.04. The molecule has 0 aromatic heterocycles. The molecular formula is C48H68N6O12. The maximum atomic E-state index is 13.3. The molecule has 0 radical (unpaired) electrons. The van der Waals surface area contributed by atoms with E-state index in [0.717, 1.165) is 46.6 Å². The average molecular weight is 921 g/mol. The van der Waals surface area contributed by atoms with E-state index in [2.05, 4.69) is 10.6 Å². The van der Waals surface area contributed by atoms with E-state index < -0.39 is 96.6 Å². The molecule has 0 saturated carbocycles. The summed E-state index contributed by atoms with van der Waals surface area (Å²) in [7, 11) is 0. The zero-order valence-electron chi connectivity index (χ0n) is 39.7. The second kappa shape index (κ2) is 24.6. The van der Waals surface area contributed by atoms with Crippen LogP contribution in [0.3, 0.4) is 0 Å². The van der Waals surface area contributed by atoms with Crippen molar-refractivity contribution in [3.8, 4) is 0 Å². The molecule has 0 spiro atoms. The molecule has 0 aliphatic carbocycles. The predicted octanol–water partition coefficient (Wildman–Crippen LogP) is 4.72. The van der Waals surface area contributed by atoms with Crippen LogP contribution in [0.2, 0.25) is 0 Å². The molecule has 2 fully saturated rings. The fraction of sp³-hybridized carbons (Fsp3) is 0.583. The van der Waals surface area contributed by atoms with Crippen molar-refractivity contribution >= 4 is 47.8 Å². The van der Waals surface area contributed by atoms with Crippen LogP contribution in [0.1, 0.15) is 105 Å². The summed E-state index contributed by atoms with van der Waals surface area (Å²) in [6, 6.07) is 16.5. The quantitative estimate of drug-likeness (QED) is 0.0752. The molecular weight excluding hydrogens is 853 g/mol. The summed E-state index contributed by atoms with van der Waals surface area (Å²) in [5.74, 6) is -4.11. The molecule has 2 aromatic rings. The van der Waals surface area contributed by atoms with Crippen molar-refractivity contribution in [3.05, 3.63) is 71.8 Å². The summed E-state index contributed by atoms with van der Waals surface area (Å²) in [6.45, 7) is 11.6. The van der Waals surface area contributed by atoms with Crippen molar-refractivity contribution in [2.24, 2.45) is 0 Å². The number of amides is 6. The first-order valence-corrected chi connectivity index (χ1v) is 22.6. The number of benzene rings is 2.